The van der Waals surface area contributed by atoms with Crippen molar-refractivity contribution in [3.8, 4) is 0 Å². The molecule has 21 heavy (non-hydrogen) atoms. The minimum atomic E-state index is -1.71. The fourth-order valence-electron chi connectivity index (χ4n) is 1.64. The fraction of sp³-hybridized carbons (Fsp3) is 0.385. The van der Waals surface area contributed by atoms with Crippen molar-refractivity contribution >= 4 is 22.8 Å². The van der Waals surface area contributed by atoms with E-state index in [9.17, 15) is 28.6 Å². The SMILES string of the molecule is CC(=O)SCCC(O)C(O)c1cc(C(=O)O)c(F)cc1F. The summed E-state index contributed by atoms with van der Waals surface area (Å²) in [6.07, 6.45) is -3.13. The number of carboxylic acid groups (broad SMARTS) is 1. The summed E-state index contributed by atoms with van der Waals surface area (Å²) in [6.45, 7) is 1.34. The molecule has 3 N–H and O–H groups in total. The molecule has 0 radical (unpaired) electrons. The normalized spacial score (nSPS) is 13.8. The van der Waals surface area contributed by atoms with Crippen LogP contribution in [0.4, 0.5) is 8.78 Å². The average Bonchev–Trinajstić information content (AvgIpc) is 2.37. The van der Waals surface area contributed by atoms with Crippen LogP contribution >= 0.6 is 11.8 Å². The highest BCUT2D eigenvalue weighted by Crippen LogP contribution is 2.25. The second kappa shape index (κ2) is 7.48. The number of hydrogen-bond acceptors (Lipinski definition) is 5. The van der Waals surface area contributed by atoms with Crippen molar-refractivity contribution in [3.63, 3.8) is 0 Å². The quantitative estimate of drug-likeness (QED) is 0.739. The Morgan fingerprint density at radius 1 is 1.24 bits per heavy atom. The van der Waals surface area contributed by atoms with Gasteiger partial charge in [0.05, 0.1) is 11.7 Å². The Labute approximate surface area is 123 Å². The van der Waals surface area contributed by atoms with Gasteiger partial charge in [-0.3, -0.25) is 4.79 Å². The van der Waals surface area contributed by atoms with Gasteiger partial charge in [-0.1, -0.05) is 11.8 Å². The van der Waals surface area contributed by atoms with E-state index >= 15 is 0 Å². The third-order valence-electron chi connectivity index (χ3n) is 2.72. The van der Waals surface area contributed by atoms with Crippen LogP contribution in [0.5, 0.6) is 0 Å². The number of carbonyl (C=O) groups is 2. The smallest absolute Gasteiger partial charge is 0.338 e. The molecule has 0 amide bonds. The number of carboxylic acids is 1. The van der Waals surface area contributed by atoms with Crippen LogP contribution in [0.25, 0.3) is 0 Å². The number of benzene rings is 1. The largest absolute Gasteiger partial charge is 0.478 e. The molecular weight excluding hydrogens is 306 g/mol. The zero-order valence-corrected chi connectivity index (χ0v) is 11.9. The Balaban J connectivity index is 2.90. The number of aliphatic hydroxyl groups excluding tert-OH is 2. The monoisotopic (exact) mass is 320 g/mol. The molecule has 0 bridgehead atoms. The summed E-state index contributed by atoms with van der Waals surface area (Å²) in [5, 5.41) is 28.1. The fourth-order valence-corrected chi connectivity index (χ4v) is 2.29. The number of aromatic carboxylic acids is 1. The number of rotatable bonds is 6. The molecule has 1 aromatic carbocycles. The molecule has 5 nitrogen and oxygen atoms in total. The molecule has 2 atom stereocenters. The first-order valence-corrected chi connectivity index (χ1v) is 6.94. The first-order valence-electron chi connectivity index (χ1n) is 5.95. The summed E-state index contributed by atoms with van der Waals surface area (Å²) in [5.41, 5.74) is -1.30. The maximum absolute atomic E-state index is 13.6. The molecule has 0 heterocycles. The second-order valence-corrected chi connectivity index (χ2v) is 5.57. The van der Waals surface area contributed by atoms with Crippen molar-refractivity contribution in [1.29, 1.82) is 0 Å². The molecule has 8 heteroatoms. The molecule has 2 unspecified atom stereocenters. The predicted octanol–water partition coefficient (Wildman–Crippen LogP) is 1.73. The Bertz CT molecular complexity index is 550. The number of thioether (sulfide) groups is 1. The van der Waals surface area contributed by atoms with E-state index in [1.165, 1.54) is 6.92 Å². The lowest BCUT2D eigenvalue weighted by Crippen LogP contribution is -2.21. The minimum absolute atomic E-state index is 0.00929. The molecule has 0 spiro atoms. The molecule has 0 saturated heterocycles. The van der Waals surface area contributed by atoms with Crippen molar-refractivity contribution in [1.82, 2.24) is 0 Å². The van der Waals surface area contributed by atoms with Gasteiger partial charge in [0.1, 0.15) is 17.7 Å². The molecule has 0 aliphatic carbocycles. The topological polar surface area (TPSA) is 94.8 Å². The van der Waals surface area contributed by atoms with Crippen LogP contribution in [0, 0.1) is 11.6 Å². The lowest BCUT2D eigenvalue weighted by Gasteiger charge is -2.19. The van der Waals surface area contributed by atoms with E-state index in [0.717, 1.165) is 11.8 Å². The van der Waals surface area contributed by atoms with E-state index in [2.05, 4.69) is 0 Å². The van der Waals surface area contributed by atoms with Gasteiger partial charge in [-0.2, -0.15) is 0 Å². The van der Waals surface area contributed by atoms with E-state index in [1.807, 2.05) is 0 Å². The summed E-state index contributed by atoms with van der Waals surface area (Å²) in [4.78, 5) is 21.5. The van der Waals surface area contributed by atoms with Gasteiger partial charge in [0.25, 0.3) is 0 Å². The average molecular weight is 320 g/mol. The molecule has 0 aromatic heterocycles. The van der Waals surface area contributed by atoms with E-state index in [4.69, 9.17) is 5.11 Å². The maximum atomic E-state index is 13.6. The Morgan fingerprint density at radius 3 is 2.38 bits per heavy atom. The Hall–Kier alpha value is -1.51. The molecule has 0 fully saturated rings. The van der Waals surface area contributed by atoms with Gasteiger partial charge in [-0.25, -0.2) is 13.6 Å². The maximum Gasteiger partial charge on any atom is 0.338 e. The molecule has 0 saturated carbocycles. The molecular formula is C13H14F2O5S. The molecule has 1 rings (SSSR count). The van der Waals surface area contributed by atoms with Crippen molar-refractivity contribution in [3.05, 3.63) is 34.9 Å². The molecule has 1 aromatic rings. The lowest BCUT2D eigenvalue weighted by molar-refractivity contribution is -0.109. The second-order valence-electron chi connectivity index (χ2n) is 4.30. The van der Waals surface area contributed by atoms with Crippen LogP contribution in [0.2, 0.25) is 0 Å². The zero-order chi connectivity index (χ0) is 16.2. The highest BCUT2D eigenvalue weighted by molar-refractivity contribution is 8.13. The van der Waals surface area contributed by atoms with Gasteiger partial charge in [-0.05, 0) is 12.5 Å². The van der Waals surface area contributed by atoms with Gasteiger partial charge >= 0.3 is 5.97 Å². The highest BCUT2D eigenvalue weighted by Gasteiger charge is 2.25. The first kappa shape index (κ1) is 17.5. The summed E-state index contributed by atoms with van der Waals surface area (Å²) < 4.78 is 26.8. The van der Waals surface area contributed by atoms with E-state index < -0.39 is 40.9 Å². The first-order chi connectivity index (χ1) is 9.73. The third kappa shape index (κ3) is 4.76. The number of hydrogen-bond donors (Lipinski definition) is 3. The van der Waals surface area contributed by atoms with E-state index in [1.54, 1.807) is 0 Å². The van der Waals surface area contributed by atoms with Crippen LogP contribution in [0.3, 0.4) is 0 Å². The summed E-state index contributed by atoms with van der Waals surface area (Å²) in [5.74, 6) is -3.81. The molecule has 0 aliphatic rings. The van der Waals surface area contributed by atoms with Gasteiger partial charge < -0.3 is 15.3 Å². The van der Waals surface area contributed by atoms with Crippen LogP contribution in [0.1, 0.15) is 35.4 Å². The summed E-state index contributed by atoms with van der Waals surface area (Å²) >= 11 is 0.929. The van der Waals surface area contributed by atoms with Crippen molar-refractivity contribution in [2.45, 2.75) is 25.6 Å². The zero-order valence-electron chi connectivity index (χ0n) is 11.0. The van der Waals surface area contributed by atoms with Crippen LogP contribution in [-0.4, -0.2) is 38.3 Å². The predicted molar refractivity (Wildman–Crippen MR) is 72.0 cm³/mol. The van der Waals surface area contributed by atoms with Crippen LogP contribution < -0.4 is 0 Å². The Kier molecular flexibility index (Phi) is 6.25. The Morgan fingerprint density at radius 2 is 1.86 bits per heavy atom. The summed E-state index contributed by atoms with van der Waals surface area (Å²) in [6, 6.07) is 0.998. The van der Waals surface area contributed by atoms with Gasteiger partial charge in [0.2, 0.25) is 0 Å². The minimum Gasteiger partial charge on any atom is -0.478 e. The van der Waals surface area contributed by atoms with Gasteiger partial charge in [0.15, 0.2) is 5.12 Å². The number of halogens is 2. The molecule has 116 valence electrons. The molecule has 0 aliphatic heterocycles. The standard InChI is InChI=1S/C13H14F2O5S/c1-6(16)21-3-2-11(17)12(18)7-4-8(13(19)20)10(15)5-9(7)14/h4-5,11-12,17-18H,2-3H2,1H3,(H,19,20). The number of carbonyl (C=O) groups excluding carboxylic acids is 1. The highest BCUT2D eigenvalue weighted by atomic mass is 32.2. The van der Waals surface area contributed by atoms with Crippen LogP contribution in [0.15, 0.2) is 12.1 Å². The van der Waals surface area contributed by atoms with E-state index in [0.29, 0.717) is 12.1 Å². The van der Waals surface area contributed by atoms with Gasteiger partial charge in [-0.15, -0.1) is 0 Å². The van der Waals surface area contributed by atoms with Crippen LogP contribution in [-0.2, 0) is 4.79 Å². The van der Waals surface area contributed by atoms with Crippen molar-refractivity contribution in [2.75, 3.05) is 5.75 Å². The number of aliphatic hydroxyl groups is 2. The van der Waals surface area contributed by atoms with Gasteiger partial charge in [0, 0.05) is 24.3 Å². The lowest BCUT2D eigenvalue weighted by atomic mass is 9.99. The third-order valence-corrected chi connectivity index (χ3v) is 3.57. The van der Waals surface area contributed by atoms with E-state index in [-0.39, 0.29) is 17.3 Å². The van der Waals surface area contributed by atoms with Crippen molar-refractivity contribution < 1.29 is 33.7 Å². The van der Waals surface area contributed by atoms with Crippen molar-refractivity contribution in [2.24, 2.45) is 0 Å². The summed E-state index contributed by atoms with van der Waals surface area (Å²) in [7, 11) is 0.